The summed E-state index contributed by atoms with van der Waals surface area (Å²) in [7, 11) is 4.54. The van der Waals surface area contributed by atoms with Crippen LogP contribution in [0.5, 0.6) is 0 Å². The smallest absolute Gasteiger partial charge is 0.340 e. The van der Waals surface area contributed by atoms with E-state index in [-0.39, 0.29) is 44.1 Å². The monoisotopic (exact) mass is 1080 g/mol. The van der Waals surface area contributed by atoms with Gasteiger partial charge in [-0.15, -0.1) is 0 Å². The minimum Gasteiger partial charge on any atom is -0.458 e. The van der Waals surface area contributed by atoms with Gasteiger partial charge in [-0.25, -0.2) is 9.59 Å². The first kappa shape index (κ1) is 57.9. The second-order valence-electron chi connectivity index (χ2n) is 22.9. The molecule has 3 aliphatic heterocycles. The Hall–Kier alpha value is -3.81. The zero-order chi connectivity index (χ0) is 55.5. The number of carbonyl (C=O) groups excluding carboxylic acids is 2. The average molecular weight is 1080 g/mol. The third-order valence-electron chi connectivity index (χ3n) is 19.0. The molecular weight excluding hydrogens is 1000 g/mol. The van der Waals surface area contributed by atoms with Crippen LogP contribution in [0.2, 0.25) is 0 Å². The summed E-state index contributed by atoms with van der Waals surface area (Å²) in [5, 5.41) is 73.9. The van der Waals surface area contributed by atoms with E-state index in [9.17, 15) is 40.2 Å². The van der Waals surface area contributed by atoms with Crippen LogP contribution >= 0.6 is 0 Å². The van der Waals surface area contributed by atoms with E-state index in [2.05, 4.69) is 4.98 Å². The fraction of sp³-hybridized carbons (Fsp3) is 0.702. The van der Waals surface area contributed by atoms with Crippen molar-refractivity contribution in [1.82, 2.24) is 4.98 Å². The number of nitrogens with zero attached hydrogens (tertiary/aromatic N) is 1. The van der Waals surface area contributed by atoms with Gasteiger partial charge in [-0.2, -0.15) is 0 Å². The van der Waals surface area contributed by atoms with Crippen LogP contribution in [0.3, 0.4) is 0 Å². The van der Waals surface area contributed by atoms with Crippen LogP contribution in [-0.2, 0) is 56.9 Å². The van der Waals surface area contributed by atoms with Gasteiger partial charge >= 0.3 is 11.9 Å². The zero-order valence-corrected chi connectivity index (χ0v) is 45.4. The fourth-order valence-corrected chi connectivity index (χ4v) is 14.3. The molecule has 0 unspecified atom stereocenters. The number of hydrogen-bond acceptors (Lipinski definition) is 20. The Labute approximate surface area is 449 Å². The molecule has 4 heterocycles. The Morgan fingerprint density at radius 1 is 0.753 bits per heavy atom. The van der Waals surface area contributed by atoms with Crippen LogP contribution in [0.1, 0.15) is 109 Å². The summed E-state index contributed by atoms with van der Waals surface area (Å²) >= 11 is 0. The van der Waals surface area contributed by atoms with E-state index in [0.717, 1.165) is 5.56 Å². The number of esters is 2. The molecule has 0 radical (unpaired) electrons. The molecule has 6 N–H and O–H groups in total. The van der Waals surface area contributed by atoms with E-state index in [1.165, 1.54) is 44.6 Å². The molecule has 2 aromatic rings. The Morgan fingerprint density at radius 2 is 1.42 bits per heavy atom. The molecule has 3 saturated heterocycles. The van der Waals surface area contributed by atoms with Gasteiger partial charge in [0.25, 0.3) is 0 Å². The lowest BCUT2D eigenvalue weighted by molar-refractivity contribution is -0.353. The van der Waals surface area contributed by atoms with Gasteiger partial charge in [-0.1, -0.05) is 56.3 Å². The summed E-state index contributed by atoms with van der Waals surface area (Å²) in [6, 6.07) is 12.3. The Morgan fingerprint density at radius 3 is 2.05 bits per heavy atom. The minimum atomic E-state index is -2.18. The van der Waals surface area contributed by atoms with Crippen LogP contribution in [0.25, 0.3) is 6.08 Å². The van der Waals surface area contributed by atoms with Gasteiger partial charge in [0, 0.05) is 70.4 Å². The molecule has 6 fully saturated rings. The highest BCUT2D eigenvalue weighted by atomic mass is 16.8. The number of carbonyl (C=O) groups is 2. The molecule has 3 saturated carbocycles. The predicted molar refractivity (Wildman–Crippen MR) is 272 cm³/mol. The second kappa shape index (κ2) is 22.3. The molecule has 23 atom stereocenters. The highest BCUT2D eigenvalue weighted by molar-refractivity contribution is 5.89. The van der Waals surface area contributed by atoms with Crippen molar-refractivity contribution in [1.29, 1.82) is 0 Å². The topological polar surface area (TPSA) is 270 Å². The summed E-state index contributed by atoms with van der Waals surface area (Å²) in [5.74, 6) is -2.43. The van der Waals surface area contributed by atoms with E-state index in [1.807, 2.05) is 51.1 Å². The SMILES string of the molecule is CO[C@@H]1[C@@H](O)[C@H](O[C@@H]2[C@@H](C)O[C@@H](O[C@H]3[C@@H](OC)C[C@H](O[C@H]4CC[C@]5(C)[C@H]6C[C@@H](OC(=O)/C=C/c7ccccc7)[C@@]7(C)[C@](O)(CC[C@]7(O)[C@H](C)OC(=O)c7cccnc7)[C@]6(O)C=C[C@@]5(O)C4)O[C@@H]3C)C[C@H]2OC)O[C@H](C)[C@H]1O. The number of benzene rings is 1. The lowest BCUT2D eigenvalue weighted by Crippen LogP contribution is -2.80. The maximum Gasteiger partial charge on any atom is 0.340 e. The van der Waals surface area contributed by atoms with E-state index < -0.39 is 149 Å². The number of pyridine rings is 1. The standard InChI is InChI=1S/C57H79NO19/c1-31-45(60)49(69-9)46(61)51(72-31)77-48-33(3)71-44(27-39(48)68-8)76-47-32(2)70-43(26-38(47)67-7)74-37-19-20-52(5)40-28-41(75-42(59)18-17-35-14-11-10-12-15-35)53(6)55(64,34(4)73-50(62)36-16-13-25-58-30-36)23-24-57(53,66)56(40,65)22-21-54(52,63)29-37/h10-18,21-22,25,30-34,37-41,43-49,51,60-61,63-66H,19-20,23-24,26-29H2,1-9H3/b18-17+/t31-,32-,33-,34+,37+,38+,39-,40-,41-,43+,44+,45-,46-,47-,48-,49+,51+,52-,53-,54-,55+,56+,57-/m1/s1. The van der Waals surface area contributed by atoms with Crippen molar-refractivity contribution < 1.29 is 92.3 Å². The van der Waals surface area contributed by atoms with Crippen molar-refractivity contribution in [2.75, 3.05) is 21.3 Å². The number of hydrogen-bond donors (Lipinski definition) is 6. The van der Waals surface area contributed by atoms with Gasteiger partial charge in [-0.3, -0.25) is 4.98 Å². The van der Waals surface area contributed by atoms with Crippen molar-refractivity contribution >= 4 is 18.0 Å². The van der Waals surface area contributed by atoms with E-state index >= 15 is 0 Å². The van der Waals surface area contributed by atoms with E-state index in [0.29, 0.717) is 12.8 Å². The van der Waals surface area contributed by atoms with Crippen LogP contribution in [-0.4, -0.2) is 190 Å². The van der Waals surface area contributed by atoms with Gasteiger partial charge in [-0.05, 0) is 83.6 Å². The molecule has 9 rings (SSSR count). The molecule has 426 valence electrons. The summed E-state index contributed by atoms with van der Waals surface area (Å²) in [6.45, 7) is 10.3. The molecular formula is C57H79NO19. The number of aromatic nitrogens is 1. The highest BCUT2D eigenvalue weighted by Crippen LogP contribution is 2.71. The van der Waals surface area contributed by atoms with Crippen LogP contribution < -0.4 is 0 Å². The molecule has 1 aromatic heterocycles. The molecule has 0 spiro atoms. The van der Waals surface area contributed by atoms with Crippen molar-refractivity contribution in [3.63, 3.8) is 0 Å². The first-order chi connectivity index (χ1) is 36.5. The minimum absolute atomic E-state index is 0.0832. The second-order valence-corrected chi connectivity index (χ2v) is 22.9. The maximum absolute atomic E-state index is 13.9. The Bertz CT molecular complexity index is 2440. The average Bonchev–Trinajstić information content (AvgIpc) is 3.96. The Kier molecular flexibility index (Phi) is 16.7. The molecule has 20 nitrogen and oxygen atoms in total. The first-order valence-corrected chi connectivity index (χ1v) is 27.0. The number of methoxy groups -OCH3 is 3. The third-order valence-corrected chi connectivity index (χ3v) is 19.0. The lowest BCUT2D eigenvalue weighted by Gasteiger charge is -2.68. The van der Waals surface area contributed by atoms with Crippen LogP contribution in [0.15, 0.2) is 73.1 Å². The number of ether oxygens (including phenoxy) is 11. The number of aliphatic hydroxyl groups is 6. The third kappa shape index (κ3) is 10.0. The quantitative estimate of drug-likeness (QED) is 0.0843. The number of fused-ring (bicyclic) bond motifs is 5. The van der Waals surface area contributed by atoms with Gasteiger partial charge in [0.15, 0.2) is 18.9 Å². The van der Waals surface area contributed by atoms with Crippen LogP contribution in [0.4, 0.5) is 0 Å². The van der Waals surface area contributed by atoms with E-state index in [4.69, 9.17) is 52.1 Å². The first-order valence-electron chi connectivity index (χ1n) is 27.0. The predicted octanol–water partition coefficient (Wildman–Crippen LogP) is 3.69. The summed E-state index contributed by atoms with van der Waals surface area (Å²) in [5.41, 5.74) is -9.97. The molecule has 20 heteroatoms. The van der Waals surface area contributed by atoms with Gasteiger partial charge in [0.1, 0.15) is 59.5 Å². The highest BCUT2D eigenvalue weighted by Gasteiger charge is 2.82. The van der Waals surface area contributed by atoms with E-state index in [1.54, 1.807) is 46.3 Å². The van der Waals surface area contributed by atoms with Crippen LogP contribution in [0, 0.1) is 16.7 Å². The fourth-order valence-electron chi connectivity index (χ4n) is 14.3. The molecule has 77 heavy (non-hydrogen) atoms. The Balaban J connectivity index is 0.896. The number of aliphatic hydroxyl groups excluding tert-OH is 2. The van der Waals surface area contributed by atoms with Crippen molar-refractivity contribution in [3.8, 4) is 0 Å². The molecule has 0 bridgehead atoms. The normalized spacial score (nSPS) is 46.1. The molecule has 7 aliphatic rings. The van der Waals surface area contributed by atoms with Crippen molar-refractivity contribution in [2.24, 2.45) is 16.7 Å². The maximum atomic E-state index is 13.9. The summed E-state index contributed by atoms with van der Waals surface area (Å²) in [4.78, 5) is 31.4. The zero-order valence-electron chi connectivity index (χ0n) is 45.4. The van der Waals surface area contributed by atoms with Gasteiger partial charge in [0.05, 0.1) is 53.2 Å². The number of rotatable bonds is 15. The molecule has 1 aromatic carbocycles. The summed E-state index contributed by atoms with van der Waals surface area (Å²) < 4.78 is 67.6. The van der Waals surface area contributed by atoms with Gasteiger partial charge < -0.3 is 82.7 Å². The summed E-state index contributed by atoms with van der Waals surface area (Å²) in [6.07, 6.45) is -3.33. The molecule has 0 amide bonds. The van der Waals surface area contributed by atoms with Crippen molar-refractivity contribution in [3.05, 3.63) is 84.2 Å². The molecule has 4 aliphatic carbocycles. The van der Waals surface area contributed by atoms with Gasteiger partial charge in [0.2, 0.25) is 0 Å². The van der Waals surface area contributed by atoms with Crippen molar-refractivity contribution in [2.45, 2.75) is 214 Å². The lowest BCUT2D eigenvalue weighted by atomic mass is 9.41. The largest absolute Gasteiger partial charge is 0.458 e.